The molecule has 6 nitrogen and oxygen atoms in total. The summed E-state index contributed by atoms with van der Waals surface area (Å²) >= 11 is 0. The zero-order valence-electron chi connectivity index (χ0n) is 11.6. The summed E-state index contributed by atoms with van der Waals surface area (Å²) in [4.78, 5) is 13.1. The van der Waals surface area contributed by atoms with Crippen molar-refractivity contribution >= 4 is 17.4 Å². The van der Waals surface area contributed by atoms with Crippen LogP contribution in [0.5, 0.6) is 0 Å². The Kier molecular flexibility index (Phi) is 4.58. The van der Waals surface area contributed by atoms with Crippen molar-refractivity contribution in [3.05, 3.63) is 5.69 Å². The van der Waals surface area contributed by atoms with Crippen molar-refractivity contribution in [2.45, 2.75) is 34.2 Å². The van der Waals surface area contributed by atoms with E-state index in [1.165, 1.54) is 0 Å². The van der Waals surface area contributed by atoms with Crippen LogP contribution in [0.3, 0.4) is 0 Å². The topological polar surface area (TPSA) is 90.2 Å². The van der Waals surface area contributed by atoms with Crippen LogP contribution in [0.4, 0.5) is 11.5 Å². The van der Waals surface area contributed by atoms with Crippen molar-refractivity contribution in [3.63, 3.8) is 0 Å². The number of carbonyl (C=O) groups excluding carboxylic acids is 1. The number of aryl methyl sites for hydroxylation is 2. The number of nitrogens with zero attached hydrogens (tertiary/aromatic N) is 3. The Hall–Kier alpha value is -1.72. The lowest BCUT2D eigenvalue weighted by Gasteiger charge is -2.26. The van der Waals surface area contributed by atoms with Gasteiger partial charge in [-0.1, -0.05) is 13.8 Å². The Labute approximate surface area is 108 Å². The van der Waals surface area contributed by atoms with E-state index in [0.29, 0.717) is 18.2 Å². The molecule has 18 heavy (non-hydrogen) atoms. The first-order valence-electron chi connectivity index (χ1n) is 6.22. The molecule has 4 N–H and O–H groups in total. The van der Waals surface area contributed by atoms with Gasteiger partial charge in [0, 0.05) is 13.1 Å². The lowest BCUT2D eigenvalue weighted by molar-refractivity contribution is -0.116. The highest BCUT2D eigenvalue weighted by Gasteiger charge is 2.20. The van der Waals surface area contributed by atoms with E-state index in [1.807, 2.05) is 23.4 Å². The third-order valence-corrected chi connectivity index (χ3v) is 2.68. The van der Waals surface area contributed by atoms with Gasteiger partial charge in [0.25, 0.3) is 0 Å². The zero-order chi connectivity index (χ0) is 13.9. The number of rotatable bonds is 6. The first-order valence-corrected chi connectivity index (χ1v) is 6.22. The van der Waals surface area contributed by atoms with Crippen LogP contribution in [0.15, 0.2) is 0 Å². The highest BCUT2D eigenvalue weighted by molar-refractivity contribution is 5.81. The first-order chi connectivity index (χ1) is 8.36. The fourth-order valence-corrected chi connectivity index (χ4v) is 1.99. The summed E-state index contributed by atoms with van der Waals surface area (Å²) in [5.41, 5.74) is 12.8. The van der Waals surface area contributed by atoms with Gasteiger partial charge in [0.2, 0.25) is 5.91 Å². The predicted molar refractivity (Wildman–Crippen MR) is 73.3 cm³/mol. The number of hydrogen-bond donors (Lipinski definition) is 2. The van der Waals surface area contributed by atoms with Gasteiger partial charge in [-0.25, -0.2) is 4.68 Å². The van der Waals surface area contributed by atoms with Gasteiger partial charge < -0.3 is 16.4 Å². The van der Waals surface area contributed by atoms with Gasteiger partial charge >= 0.3 is 0 Å². The van der Waals surface area contributed by atoms with Crippen molar-refractivity contribution in [2.24, 2.45) is 11.7 Å². The molecule has 0 aliphatic heterocycles. The molecule has 1 heterocycles. The molecule has 0 saturated carbocycles. The quantitative estimate of drug-likeness (QED) is 0.782. The second kappa shape index (κ2) is 5.75. The molecule has 0 unspecified atom stereocenters. The average molecular weight is 253 g/mol. The monoisotopic (exact) mass is 253 g/mol. The van der Waals surface area contributed by atoms with E-state index in [4.69, 9.17) is 11.5 Å². The second-order valence-corrected chi connectivity index (χ2v) is 4.88. The Morgan fingerprint density at radius 3 is 2.56 bits per heavy atom. The van der Waals surface area contributed by atoms with Gasteiger partial charge in [-0.05, 0) is 19.8 Å². The molecule has 1 amide bonds. The van der Waals surface area contributed by atoms with E-state index >= 15 is 0 Å². The minimum atomic E-state index is -0.364. The second-order valence-electron chi connectivity index (χ2n) is 4.88. The molecule has 0 radical (unpaired) electrons. The lowest BCUT2D eigenvalue weighted by atomic mass is 10.2. The molecule has 0 aliphatic carbocycles. The maximum Gasteiger partial charge on any atom is 0.236 e. The summed E-state index contributed by atoms with van der Waals surface area (Å²) in [6.45, 7) is 9.62. The van der Waals surface area contributed by atoms with Crippen molar-refractivity contribution in [2.75, 3.05) is 23.7 Å². The molecule has 0 saturated heterocycles. The third kappa shape index (κ3) is 3.15. The molecule has 0 fully saturated rings. The zero-order valence-corrected chi connectivity index (χ0v) is 11.6. The average Bonchev–Trinajstić information content (AvgIpc) is 2.52. The Bertz CT molecular complexity index is 424. The molecule has 0 spiro atoms. The largest absolute Gasteiger partial charge is 0.394 e. The van der Waals surface area contributed by atoms with E-state index in [0.717, 1.165) is 18.1 Å². The van der Waals surface area contributed by atoms with Crippen LogP contribution in [-0.4, -0.2) is 28.8 Å². The van der Waals surface area contributed by atoms with Crippen LogP contribution < -0.4 is 16.4 Å². The van der Waals surface area contributed by atoms with E-state index < -0.39 is 0 Å². The fourth-order valence-electron chi connectivity index (χ4n) is 1.99. The highest BCUT2D eigenvalue weighted by atomic mass is 16.1. The Morgan fingerprint density at radius 2 is 2.11 bits per heavy atom. The molecule has 1 aromatic heterocycles. The Morgan fingerprint density at radius 1 is 1.50 bits per heavy atom. The van der Waals surface area contributed by atoms with Gasteiger partial charge in [-0.3, -0.25) is 4.79 Å². The summed E-state index contributed by atoms with van der Waals surface area (Å²) in [5.74, 6) is 0.836. The predicted octanol–water partition coefficient (Wildman–Crippen LogP) is 0.741. The summed E-state index contributed by atoms with van der Waals surface area (Å²) in [6.07, 6.45) is 0. The summed E-state index contributed by atoms with van der Waals surface area (Å²) in [7, 11) is 0. The van der Waals surface area contributed by atoms with Crippen molar-refractivity contribution in [1.29, 1.82) is 0 Å². The molecule has 1 aromatic rings. The highest BCUT2D eigenvalue weighted by Crippen LogP contribution is 2.27. The van der Waals surface area contributed by atoms with Gasteiger partial charge in [0.15, 0.2) is 5.82 Å². The standard InChI is InChI=1S/C12H23N5O/c1-5-17-12(11(14)9(4)15-17)16(6-8(2)3)7-10(13)18/h8H,5-7,14H2,1-4H3,(H2,13,18). The lowest BCUT2D eigenvalue weighted by Crippen LogP contribution is -2.38. The Balaban J connectivity index is 3.14. The van der Waals surface area contributed by atoms with Crippen LogP contribution in [0.25, 0.3) is 0 Å². The number of amides is 1. The molecule has 0 atom stereocenters. The normalized spacial score (nSPS) is 10.9. The van der Waals surface area contributed by atoms with Crippen molar-refractivity contribution < 1.29 is 4.79 Å². The van der Waals surface area contributed by atoms with E-state index in [1.54, 1.807) is 0 Å². The number of anilines is 2. The number of primary amides is 1. The summed E-state index contributed by atoms with van der Waals surface area (Å²) < 4.78 is 1.82. The minimum absolute atomic E-state index is 0.160. The fraction of sp³-hybridized carbons (Fsp3) is 0.667. The van der Waals surface area contributed by atoms with Gasteiger partial charge in [-0.15, -0.1) is 0 Å². The molecule has 0 aromatic carbocycles. The van der Waals surface area contributed by atoms with E-state index in [9.17, 15) is 4.79 Å². The smallest absolute Gasteiger partial charge is 0.236 e. The molecule has 6 heteroatoms. The molecular weight excluding hydrogens is 230 g/mol. The molecule has 0 bridgehead atoms. The van der Waals surface area contributed by atoms with Crippen molar-refractivity contribution in [3.8, 4) is 0 Å². The molecule has 1 rings (SSSR count). The molecule has 0 aliphatic rings. The number of nitrogen functional groups attached to an aromatic ring is 1. The number of nitrogens with two attached hydrogens (primary N) is 2. The first kappa shape index (κ1) is 14.3. The minimum Gasteiger partial charge on any atom is -0.394 e. The maximum atomic E-state index is 11.2. The van der Waals surface area contributed by atoms with Crippen LogP contribution in [0.1, 0.15) is 26.5 Å². The van der Waals surface area contributed by atoms with Gasteiger partial charge in [0.05, 0.1) is 17.9 Å². The third-order valence-electron chi connectivity index (χ3n) is 2.68. The van der Waals surface area contributed by atoms with Gasteiger partial charge in [-0.2, -0.15) is 5.10 Å². The van der Waals surface area contributed by atoms with Crippen LogP contribution >= 0.6 is 0 Å². The van der Waals surface area contributed by atoms with Crippen molar-refractivity contribution in [1.82, 2.24) is 9.78 Å². The van der Waals surface area contributed by atoms with Crippen LogP contribution in [0, 0.1) is 12.8 Å². The van der Waals surface area contributed by atoms with Gasteiger partial charge in [0.1, 0.15) is 0 Å². The van der Waals surface area contributed by atoms with Crippen LogP contribution in [0.2, 0.25) is 0 Å². The van der Waals surface area contributed by atoms with E-state index in [2.05, 4.69) is 18.9 Å². The molecule has 102 valence electrons. The number of aromatic nitrogens is 2. The number of hydrogen-bond acceptors (Lipinski definition) is 4. The van der Waals surface area contributed by atoms with E-state index in [-0.39, 0.29) is 12.5 Å². The summed E-state index contributed by atoms with van der Waals surface area (Å²) in [6, 6.07) is 0. The summed E-state index contributed by atoms with van der Waals surface area (Å²) in [5, 5.41) is 4.36. The number of carbonyl (C=O) groups is 1. The van der Waals surface area contributed by atoms with Crippen LogP contribution in [-0.2, 0) is 11.3 Å². The SMILES string of the molecule is CCn1nc(C)c(N)c1N(CC(N)=O)CC(C)C. The maximum absolute atomic E-state index is 11.2. The molecular formula is C12H23N5O.